The topological polar surface area (TPSA) is 56.5 Å². The molecule has 0 saturated heterocycles. The molecule has 0 N–H and O–H groups in total. The highest BCUT2D eigenvalue weighted by atomic mass is 16.5. The normalized spacial score (nSPS) is 17.2. The fraction of sp³-hybridized carbons (Fsp3) is 0.235. The van der Waals surface area contributed by atoms with Crippen LogP contribution in [0.15, 0.2) is 48.9 Å². The summed E-state index contributed by atoms with van der Waals surface area (Å²) in [5.41, 5.74) is 3.87. The Morgan fingerprint density at radius 2 is 2.05 bits per heavy atom. The van der Waals surface area contributed by atoms with Gasteiger partial charge in [-0.3, -0.25) is 4.40 Å². The quantitative estimate of drug-likeness (QED) is 0.681. The molecule has 4 rings (SSSR count). The van der Waals surface area contributed by atoms with Crippen molar-refractivity contribution in [1.82, 2.24) is 14.6 Å². The van der Waals surface area contributed by atoms with E-state index in [4.69, 9.17) is 4.74 Å². The van der Waals surface area contributed by atoms with E-state index in [1.165, 1.54) is 11.1 Å². The first-order valence-corrected chi connectivity index (χ1v) is 7.37. The Morgan fingerprint density at radius 1 is 1.18 bits per heavy atom. The molecule has 1 atom stereocenters. The lowest BCUT2D eigenvalue weighted by molar-refractivity contribution is 0.0270. The average Bonchev–Trinajstić information content (AvgIpc) is 3.02. The fourth-order valence-corrected chi connectivity index (χ4v) is 2.93. The number of nitrogens with zero attached hydrogens (tertiary/aromatic N) is 3. The van der Waals surface area contributed by atoms with Crippen molar-refractivity contribution in [3.8, 4) is 0 Å². The van der Waals surface area contributed by atoms with E-state index in [2.05, 4.69) is 28.4 Å². The van der Waals surface area contributed by atoms with Gasteiger partial charge >= 0.3 is 5.97 Å². The van der Waals surface area contributed by atoms with Crippen molar-refractivity contribution < 1.29 is 9.53 Å². The van der Waals surface area contributed by atoms with Crippen LogP contribution in [-0.2, 0) is 17.6 Å². The summed E-state index contributed by atoms with van der Waals surface area (Å²) in [5.74, 6) is -0.292. The molecule has 110 valence electrons. The summed E-state index contributed by atoms with van der Waals surface area (Å²) in [6.45, 7) is 0. The number of carbonyl (C=O) groups excluding carboxylic acids is 1. The van der Waals surface area contributed by atoms with Crippen LogP contribution in [0.3, 0.4) is 0 Å². The van der Waals surface area contributed by atoms with E-state index in [9.17, 15) is 4.79 Å². The van der Waals surface area contributed by atoms with Gasteiger partial charge in [-0.05, 0) is 36.1 Å². The summed E-state index contributed by atoms with van der Waals surface area (Å²) in [5, 5.41) is 7.72. The number of pyridine rings is 1. The van der Waals surface area contributed by atoms with Crippen molar-refractivity contribution in [2.45, 2.75) is 25.4 Å². The molecule has 0 spiro atoms. The summed E-state index contributed by atoms with van der Waals surface area (Å²) in [6.07, 6.45) is 5.84. The first kappa shape index (κ1) is 13.0. The number of hydrogen-bond donors (Lipinski definition) is 0. The zero-order valence-electron chi connectivity index (χ0n) is 12.0. The molecule has 1 aliphatic rings. The third-order valence-electron chi connectivity index (χ3n) is 4.10. The third-order valence-corrected chi connectivity index (χ3v) is 4.10. The molecule has 0 bridgehead atoms. The van der Waals surface area contributed by atoms with Gasteiger partial charge in [0.1, 0.15) is 12.4 Å². The maximum Gasteiger partial charge on any atom is 0.339 e. The van der Waals surface area contributed by atoms with Gasteiger partial charge in [0.05, 0.1) is 5.56 Å². The number of carbonyl (C=O) groups is 1. The van der Waals surface area contributed by atoms with E-state index >= 15 is 0 Å². The van der Waals surface area contributed by atoms with Crippen molar-refractivity contribution in [3.63, 3.8) is 0 Å². The highest BCUT2D eigenvalue weighted by Crippen LogP contribution is 2.23. The zero-order valence-corrected chi connectivity index (χ0v) is 12.0. The summed E-state index contributed by atoms with van der Waals surface area (Å²) in [7, 11) is 0. The van der Waals surface area contributed by atoms with Gasteiger partial charge in [0.2, 0.25) is 0 Å². The van der Waals surface area contributed by atoms with E-state index in [0.29, 0.717) is 11.2 Å². The lowest BCUT2D eigenvalue weighted by atomic mass is 9.90. The molecule has 0 aliphatic heterocycles. The summed E-state index contributed by atoms with van der Waals surface area (Å²) >= 11 is 0. The van der Waals surface area contributed by atoms with Crippen LogP contribution in [0.2, 0.25) is 0 Å². The number of ether oxygens (including phenoxy) is 1. The first-order chi connectivity index (χ1) is 10.8. The van der Waals surface area contributed by atoms with Crippen LogP contribution >= 0.6 is 0 Å². The van der Waals surface area contributed by atoms with Gasteiger partial charge in [0.25, 0.3) is 0 Å². The fourth-order valence-electron chi connectivity index (χ4n) is 2.93. The Hall–Kier alpha value is -2.69. The zero-order chi connectivity index (χ0) is 14.9. The Morgan fingerprint density at radius 3 is 2.95 bits per heavy atom. The molecule has 1 aromatic carbocycles. The van der Waals surface area contributed by atoms with E-state index in [0.717, 1.165) is 19.3 Å². The van der Waals surface area contributed by atoms with Crippen molar-refractivity contribution >= 4 is 11.6 Å². The molecule has 3 aromatic rings. The minimum absolute atomic E-state index is 0.0565. The first-order valence-electron chi connectivity index (χ1n) is 7.37. The number of hydrogen-bond acceptors (Lipinski definition) is 4. The molecule has 2 aromatic heterocycles. The van der Waals surface area contributed by atoms with E-state index < -0.39 is 0 Å². The Kier molecular flexibility index (Phi) is 3.11. The molecule has 22 heavy (non-hydrogen) atoms. The lowest BCUT2D eigenvalue weighted by Crippen LogP contribution is -2.25. The second kappa shape index (κ2) is 5.26. The molecule has 2 heterocycles. The Bertz CT molecular complexity index is 841. The third kappa shape index (κ3) is 2.35. The van der Waals surface area contributed by atoms with Crippen LogP contribution in [0.4, 0.5) is 0 Å². The van der Waals surface area contributed by atoms with Crippen LogP contribution in [0.25, 0.3) is 5.65 Å². The molecule has 1 aliphatic carbocycles. The largest absolute Gasteiger partial charge is 0.458 e. The molecule has 0 radical (unpaired) electrons. The lowest BCUT2D eigenvalue weighted by Gasteiger charge is -2.24. The van der Waals surface area contributed by atoms with E-state index in [1.54, 1.807) is 29.1 Å². The number of esters is 1. The van der Waals surface area contributed by atoms with Gasteiger partial charge in [-0.2, -0.15) is 0 Å². The molecule has 5 heteroatoms. The van der Waals surface area contributed by atoms with Gasteiger partial charge in [-0.1, -0.05) is 24.3 Å². The van der Waals surface area contributed by atoms with Crippen molar-refractivity contribution in [1.29, 1.82) is 0 Å². The van der Waals surface area contributed by atoms with Crippen LogP contribution in [0, 0.1) is 0 Å². The van der Waals surface area contributed by atoms with Crippen molar-refractivity contribution in [3.05, 3.63) is 65.6 Å². The highest BCUT2D eigenvalue weighted by Gasteiger charge is 2.22. The van der Waals surface area contributed by atoms with Crippen LogP contribution in [0.5, 0.6) is 0 Å². The highest BCUT2D eigenvalue weighted by molar-refractivity contribution is 5.89. The van der Waals surface area contributed by atoms with Gasteiger partial charge in [-0.25, -0.2) is 4.79 Å². The standard InChI is InChI=1S/C17H15N3O2/c21-17(14-6-8-16-19-18-11-20(16)10-14)22-15-7-5-12-3-1-2-4-13(12)9-15/h1-4,6,8,10-11,15H,5,7,9H2. The second-order valence-corrected chi connectivity index (χ2v) is 5.55. The SMILES string of the molecule is O=C(OC1CCc2ccccc2C1)c1ccc2nncn2c1. The van der Waals surface area contributed by atoms with E-state index in [-0.39, 0.29) is 12.1 Å². The van der Waals surface area contributed by atoms with Gasteiger partial charge in [-0.15, -0.1) is 10.2 Å². The van der Waals surface area contributed by atoms with Crippen molar-refractivity contribution in [2.75, 3.05) is 0 Å². The van der Waals surface area contributed by atoms with Crippen LogP contribution < -0.4 is 0 Å². The minimum Gasteiger partial charge on any atom is -0.458 e. The average molecular weight is 293 g/mol. The molecule has 0 saturated carbocycles. The van der Waals surface area contributed by atoms with Crippen LogP contribution in [0.1, 0.15) is 27.9 Å². The predicted molar refractivity (Wildman–Crippen MR) is 80.7 cm³/mol. The van der Waals surface area contributed by atoms with Gasteiger partial charge < -0.3 is 4.74 Å². The second-order valence-electron chi connectivity index (χ2n) is 5.55. The van der Waals surface area contributed by atoms with Crippen molar-refractivity contribution in [2.24, 2.45) is 0 Å². The number of rotatable bonds is 2. The summed E-state index contributed by atoms with van der Waals surface area (Å²) in [6, 6.07) is 11.8. The molecule has 5 nitrogen and oxygen atoms in total. The molecule has 1 unspecified atom stereocenters. The van der Waals surface area contributed by atoms with Crippen LogP contribution in [-0.4, -0.2) is 26.7 Å². The minimum atomic E-state index is -0.292. The number of fused-ring (bicyclic) bond motifs is 2. The maximum absolute atomic E-state index is 12.3. The monoisotopic (exact) mass is 293 g/mol. The summed E-state index contributed by atoms with van der Waals surface area (Å²) < 4.78 is 7.38. The molecule has 0 fully saturated rings. The van der Waals surface area contributed by atoms with Gasteiger partial charge in [0, 0.05) is 12.6 Å². The molecule has 0 amide bonds. The predicted octanol–water partition coefficient (Wildman–Crippen LogP) is 2.44. The number of aryl methyl sites for hydroxylation is 1. The molecular formula is C17H15N3O2. The smallest absolute Gasteiger partial charge is 0.339 e. The number of benzene rings is 1. The molecular weight excluding hydrogens is 278 g/mol. The Balaban J connectivity index is 1.50. The van der Waals surface area contributed by atoms with E-state index in [1.807, 2.05) is 6.07 Å². The number of aromatic nitrogens is 3. The maximum atomic E-state index is 12.3. The van der Waals surface area contributed by atoms with Gasteiger partial charge in [0.15, 0.2) is 5.65 Å². The summed E-state index contributed by atoms with van der Waals surface area (Å²) in [4.78, 5) is 12.3. The Labute approximate surface area is 127 Å².